The van der Waals surface area contributed by atoms with Gasteiger partial charge in [-0.2, -0.15) is 0 Å². The fourth-order valence-electron chi connectivity index (χ4n) is 1.66. The summed E-state index contributed by atoms with van der Waals surface area (Å²) >= 11 is 5.76. The lowest BCUT2D eigenvalue weighted by molar-refractivity contribution is 0.0691. The highest BCUT2D eigenvalue weighted by Crippen LogP contribution is 2.26. The van der Waals surface area contributed by atoms with Gasteiger partial charge in [-0.15, -0.1) is 0 Å². The van der Waals surface area contributed by atoms with Gasteiger partial charge in [-0.3, -0.25) is 0 Å². The molecule has 0 amide bonds. The standard InChI is InChI=1S/C12H11ClN2O3/c1-6-5-7(3-4-8(6)18-2)11-14-9(12(16)17)10(13)15-11/h3-5H,1-2H3,(H,14,15)(H,16,17). The first-order chi connectivity index (χ1) is 8.52. The van der Waals surface area contributed by atoms with Crippen LogP contribution in [0.2, 0.25) is 5.15 Å². The summed E-state index contributed by atoms with van der Waals surface area (Å²) in [6.45, 7) is 1.89. The van der Waals surface area contributed by atoms with E-state index in [1.165, 1.54) is 0 Å². The molecule has 0 fully saturated rings. The molecule has 5 nitrogen and oxygen atoms in total. The third-order valence-corrected chi connectivity index (χ3v) is 2.80. The maximum Gasteiger partial charge on any atom is 0.357 e. The molecule has 0 saturated carbocycles. The Morgan fingerprint density at radius 2 is 2.22 bits per heavy atom. The van der Waals surface area contributed by atoms with Crippen LogP contribution in [0, 0.1) is 6.92 Å². The summed E-state index contributed by atoms with van der Waals surface area (Å²) in [5.74, 6) is 0.0192. The fraction of sp³-hybridized carbons (Fsp3) is 0.167. The van der Waals surface area contributed by atoms with Gasteiger partial charge in [0.25, 0.3) is 0 Å². The fourth-order valence-corrected chi connectivity index (χ4v) is 1.87. The highest BCUT2D eigenvalue weighted by atomic mass is 35.5. The molecular formula is C12H11ClN2O3. The van der Waals surface area contributed by atoms with Crippen LogP contribution < -0.4 is 4.74 Å². The quantitative estimate of drug-likeness (QED) is 0.896. The maximum atomic E-state index is 10.8. The molecule has 2 aromatic rings. The van der Waals surface area contributed by atoms with Gasteiger partial charge in [0.1, 0.15) is 16.7 Å². The Kier molecular flexibility index (Phi) is 3.25. The van der Waals surface area contributed by atoms with Crippen molar-refractivity contribution in [3.63, 3.8) is 0 Å². The van der Waals surface area contributed by atoms with Gasteiger partial charge < -0.3 is 14.8 Å². The number of aryl methyl sites for hydroxylation is 1. The second kappa shape index (κ2) is 4.70. The van der Waals surface area contributed by atoms with Crippen LogP contribution in [0.3, 0.4) is 0 Å². The van der Waals surface area contributed by atoms with E-state index in [1.54, 1.807) is 19.2 Å². The predicted octanol–water partition coefficient (Wildman–Crippen LogP) is 2.75. The highest BCUT2D eigenvalue weighted by Gasteiger charge is 2.16. The predicted molar refractivity (Wildman–Crippen MR) is 67.3 cm³/mol. The number of aromatic carboxylic acids is 1. The minimum Gasteiger partial charge on any atom is -0.496 e. The number of nitrogens with zero attached hydrogens (tertiary/aromatic N) is 1. The summed E-state index contributed by atoms with van der Waals surface area (Å²) in [5.41, 5.74) is 1.50. The number of ether oxygens (including phenoxy) is 1. The minimum absolute atomic E-state index is 0.0194. The van der Waals surface area contributed by atoms with Gasteiger partial charge >= 0.3 is 5.97 Å². The van der Waals surface area contributed by atoms with E-state index in [-0.39, 0.29) is 10.8 Å². The number of imidazole rings is 1. The molecule has 6 heteroatoms. The van der Waals surface area contributed by atoms with Crippen molar-refractivity contribution in [1.29, 1.82) is 0 Å². The van der Waals surface area contributed by atoms with E-state index in [9.17, 15) is 4.79 Å². The van der Waals surface area contributed by atoms with Crippen molar-refractivity contribution < 1.29 is 14.6 Å². The van der Waals surface area contributed by atoms with Crippen molar-refractivity contribution in [3.05, 3.63) is 34.6 Å². The lowest BCUT2D eigenvalue weighted by atomic mass is 10.1. The molecule has 0 unspecified atom stereocenters. The van der Waals surface area contributed by atoms with Gasteiger partial charge in [-0.05, 0) is 30.7 Å². The lowest BCUT2D eigenvalue weighted by Gasteiger charge is -2.05. The van der Waals surface area contributed by atoms with E-state index in [0.29, 0.717) is 5.82 Å². The van der Waals surface area contributed by atoms with Crippen molar-refractivity contribution in [1.82, 2.24) is 9.97 Å². The summed E-state index contributed by atoms with van der Waals surface area (Å²) in [5, 5.41) is 8.90. The van der Waals surface area contributed by atoms with Gasteiger partial charge in [0.2, 0.25) is 0 Å². The number of hydrogen-bond acceptors (Lipinski definition) is 3. The first kappa shape index (κ1) is 12.4. The molecule has 2 N–H and O–H groups in total. The number of carboxylic acid groups (broad SMARTS) is 1. The Bertz CT molecular complexity index is 607. The molecule has 1 heterocycles. The second-order valence-electron chi connectivity index (χ2n) is 3.74. The number of aromatic nitrogens is 2. The van der Waals surface area contributed by atoms with Crippen molar-refractivity contribution in [2.75, 3.05) is 7.11 Å². The molecular weight excluding hydrogens is 256 g/mol. The van der Waals surface area contributed by atoms with Gasteiger partial charge in [-0.25, -0.2) is 9.78 Å². The Hall–Kier alpha value is -2.01. The van der Waals surface area contributed by atoms with E-state index in [2.05, 4.69) is 9.97 Å². The average Bonchev–Trinajstić information content (AvgIpc) is 2.71. The second-order valence-corrected chi connectivity index (χ2v) is 4.12. The van der Waals surface area contributed by atoms with Gasteiger partial charge in [-0.1, -0.05) is 11.6 Å². The Morgan fingerprint density at radius 1 is 1.50 bits per heavy atom. The lowest BCUT2D eigenvalue weighted by Crippen LogP contribution is -1.97. The number of methoxy groups -OCH3 is 1. The molecule has 0 atom stereocenters. The molecule has 0 spiro atoms. The van der Waals surface area contributed by atoms with Crippen LogP contribution in [0.5, 0.6) is 5.75 Å². The molecule has 1 aromatic heterocycles. The van der Waals surface area contributed by atoms with Crippen LogP contribution in [0.25, 0.3) is 11.4 Å². The largest absolute Gasteiger partial charge is 0.496 e. The van der Waals surface area contributed by atoms with Crippen LogP contribution in [0.1, 0.15) is 16.1 Å². The summed E-state index contributed by atoms with van der Waals surface area (Å²) in [6, 6.07) is 5.42. The number of carboxylic acids is 1. The number of rotatable bonds is 3. The molecule has 0 bridgehead atoms. The monoisotopic (exact) mass is 266 g/mol. The normalized spacial score (nSPS) is 10.4. The summed E-state index contributed by atoms with van der Waals surface area (Å²) in [7, 11) is 1.59. The number of H-pyrrole nitrogens is 1. The molecule has 0 saturated heterocycles. The topological polar surface area (TPSA) is 75.2 Å². The third kappa shape index (κ3) is 2.17. The van der Waals surface area contributed by atoms with Crippen molar-refractivity contribution >= 4 is 17.6 Å². The Morgan fingerprint density at radius 3 is 2.72 bits per heavy atom. The van der Waals surface area contributed by atoms with E-state index >= 15 is 0 Å². The van der Waals surface area contributed by atoms with Gasteiger partial charge in [0.15, 0.2) is 5.69 Å². The van der Waals surface area contributed by atoms with Crippen LogP contribution >= 0.6 is 11.6 Å². The molecule has 0 aliphatic carbocycles. The number of aromatic amines is 1. The minimum atomic E-state index is -1.16. The number of nitrogens with one attached hydrogen (secondary N) is 1. The zero-order valence-electron chi connectivity index (χ0n) is 9.82. The van der Waals surface area contributed by atoms with E-state index in [4.69, 9.17) is 21.4 Å². The smallest absolute Gasteiger partial charge is 0.357 e. The number of carbonyl (C=O) groups is 1. The molecule has 0 radical (unpaired) electrons. The summed E-state index contributed by atoms with van der Waals surface area (Å²) < 4.78 is 5.15. The molecule has 18 heavy (non-hydrogen) atoms. The van der Waals surface area contributed by atoms with Crippen molar-refractivity contribution in [3.8, 4) is 17.1 Å². The molecule has 0 aliphatic heterocycles. The Balaban J connectivity index is 2.46. The highest BCUT2D eigenvalue weighted by molar-refractivity contribution is 6.32. The van der Waals surface area contributed by atoms with E-state index in [1.807, 2.05) is 13.0 Å². The first-order valence-electron chi connectivity index (χ1n) is 5.16. The van der Waals surface area contributed by atoms with Gasteiger partial charge in [0.05, 0.1) is 7.11 Å². The van der Waals surface area contributed by atoms with E-state index in [0.717, 1.165) is 16.9 Å². The molecule has 0 aliphatic rings. The Labute approximate surface area is 108 Å². The third-order valence-electron chi connectivity index (χ3n) is 2.53. The molecule has 2 rings (SSSR count). The van der Waals surface area contributed by atoms with Crippen LogP contribution in [-0.4, -0.2) is 28.2 Å². The van der Waals surface area contributed by atoms with Crippen molar-refractivity contribution in [2.45, 2.75) is 6.92 Å². The number of benzene rings is 1. The number of hydrogen-bond donors (Lipinski definition) is 2. The molecule has 94 valence electrons. The zero-order valence-corrected chi connectivity index (χ0v) is 10.6. The van der Waals surface area contributed by atoms with Crippen LogP contribution in [0.15, 0.2) is 18.2 Å². The van der Waals surface area contributed by atoms with Crippen molar-refractivity contribution in [2.24, 2.45) is 0 Å². The summed E-state index contributed by atoms with van der Waals surface area (Å²) in [4.78, 5) is 17.5. The van der Waals surface area contributed by atoms with Gasteiger partial charge in [0, 0.05) is 5.56 Å². The van der Waals surface area contributed by atoms with Crippen LogP contribution in [0.4, 0.5) is 0 Å². The SMILES string of the molecule is COc1ccc(-c2nc(C(=O)O)c(Cl)[nH]2)cc1C. The van der Waals surface area contributed by atoms with E-state index < -0.39 is 5.97 Å². The summed E-state index contributed by atoms with van der Waals surface area (Å²) in [6.07, 6.45) is 0. The maximum absolute atomic E-state index is 10.8. The average molecular weight is 267 g/mol. The number of halogens is 1. The molecule has 1 aromatic carbocycles. The zero-order chi connectivity index (χ0) is 13.3. The van der Waals surface area contributed by atoms with Crippen LogP contribution in [-0.2, 0) is 0 Å². The first-order valence-corrected chi connectivity index (χ1v) is 5.54.